The van der Waals surface area contributed by atoms with Crippen LogP contribution in [0.4, 0.5) is 5.69 Å². The molecule has 0 radical (unpaired) electrons. The van der Waals surface area contributed by atoms with Gasteiger partial charge in [-0.05, 0) is 31.2 Å². The Morgan fingerprint density at radius 3 is 2.32 bits per heavy atom. The molecule has 0 unspecified atom stereocenters. The third-order valence-corrected chi connectivity index (χ3v) is 6.18. The number of aryl methyl sites for hydroxylation is 1. The highest BCUT2D eigenvalue weighted by Gasteiger charge is 2.12. The monoisotopic (exact) mass is 486 g/mol. The van der Waals surface area contributed by atoms with E-state index in [1.807, 2.05) is 30.3 Å². The maximum absolute atomic E-state index is 6.22. The number of nitrogens with zero attached hydrogens (tertiary/aromatic N) is 2. The summed E-state index contributed by atoms with van der Waals surface area (Å²) in [5.74, 6) is 0.763. The molecule has 0 bridgehead atoms. The number of imidazole rings is 1. The van der Waals surface area contributed by atoms with Crippen LogP contribution in [0.1, 0.15) is 11.3 Å². The standard InChI is InChI=1S/C23H17Cl3N4S/c1-14-7-9-17(10-8-14)31-23-20(28-22(29-23)15-5-3-2-4-6-15)13-27-30-21-18(25)11-16(24)12-19(21)26/h2-13,30H,1H3,(H,28,29)/b27-13-. The van der Waals surface area contributed by atoms with Crippen LogP contribution in [0.5, 0.6) is 0 Å². The van der Waals surface area contributed by atoms with E-state index in [1.165, 1.54) is 5.56 Å². The molecule has 4 rings (SSSR count). The van der Waals surface area contributed by atoms with E-state index in [-0.39, 0.29) is 0 Å². The highest BCUT2D eigenvalue weighted by atomic mass is 35.5. The van der Waals surface area contributed by atoms with Crippen LogP contribution in [-0.4, -0.2) is 16.2 Å². The van der Waals surface area contributed by atoms with E-state index >= 15 is 0 Å². The van der Waals surface area contributed by atoms with Crippen molar-refractivity contribution in [2.24, 2.45) is 5.10 Å². The first-order valence-corrected chi connectivity index (χ1v) is 11.3. The molecule has 8 heteroatoms. The normalized spacial score (nSPS) is 11.2. The molecule has 0 atom stereocenters. The van der Waals surface area contributed by atoms with Crippen LogP contribution in [0.3, 0.4) is 0 Å². The van der Waals surface area contributed by atoms with Crippen molar-refractivity contribution in [1.82, 2.24) is 9.97 Å². The quantitative estimate of drug-likeness (QED) is 0.214. The SMILES string of the molecule is Cc1ccc(Sc2nc(-c3ccccc3)[nH]c2/C=N\Nc2c(Cl)cc(Cl)cc2Cl)cc1. The molecule has 4 aromatic rings. The van der Waals surface area contributed by atoms with Crippen LogP contribution in [0.25, 0.3) is 11.4 Å². The van der Waals surface area contributed by atoms with Crippen molar-refractivity contribution in [2.45, 2.75) is 16.8 Å². The van der Waals surface area contributed by atoms with Crippen molar-refractivity contribution in [1.29, 1.82) is 0 Å². The van der Waals surface area contributed by atoms with Crippen molar-refractivity contribution in [2.75, 3.05) is 5.43 Å². The van der Waals surface area contributed by atoms with Gasteiger partial charge in [0, 0.05) is 15.5 Å². The second kappa shape index (κ2) is 9.79. The molecule has 0 aliphatic carbocycles. The molecule has 0 fully saturated rings. The number of anilines is 1. The van der Waals surface area contributed by atoms with Crippen molar-refractivity contribution < 1.29 is 0 Å². The second-order valence-corrected chi connectivity index (χ2v) is 9.01. The Kier molecular flexibility index (Phi) is 6.88. The number of H-pyrrole nitrogens is 1. The van der Waals surface area contributed by atoms with Crippen LogP contribution >= 0.6 is 46.6 Å². The van der Waals surface area contributed by atoms with E-state index in [0.29, 0.717) is 20.8 Å². The summed E-state index contributed by atoms with van der Waals surface area (Å²) in [5.41, 5.74) is 6.34. The van der Waals surface area contributed by atoms with E-state index < -0.39 is 0 Å². The zero-order chi connectivity index (χ0) is 21.8. The predicted molar refractivity (Wildman–Crippen MR) is 132 cm³/mol. The Bertz CT molecular complexity index is 1200. The molecule has 0 amide bonds. The Morgan fingerprint density at radius 2 is 1.65 bits per heavy atom. The van der Waals surface area contributed by atoms with E-state index in [4.69, 9.17) is 39.8 Å². The summed E-state index contributed by atoms with van der Waals surface area (Å²) in [4.78, 5) is 9.22. The van der Waals surface area contributed by atoms with Gasteiger partial charge in [-0.2, -0.15) is 5.10 Å². The number of halogens is 3. The largest absolute Gasteiger partial charge is 0.336 e. The Labute approximate surface area is 199 Å². The van der Waals surface area contributed by atoms with Crippen molar-refractivity contribution >= 4 is 58.5 Å². The fraction of sp³-hybridized carbons (Fsp3) is 0.0435. The van der Waals surface area contributed by atoms with Crippen LogP contribution in [0.15, 0.2) is 81.8 Å². The topological polar surface area (TPSA) is 53.1 Å². The van der Waals surface area contributed by atoms with Crippen LogP contribution in [0.2, 0.25) is 15.1 Å². The van der Waals surface area contributed by atoms with E-state index in [2.05, 4.69) is 46.7 Å². The smallest absolute Gasteiger partial charge is 0.139 e. The molecule has 0 spiro atoms. The number of hydrogen-bond donors (Lipinski definition) is 2. The minimum atomic E-state index is 0.387. The van der Waals surface area contributed by atoms with Gasteiger partial charge in [-0.3, -0.25) is 5.43 Å². The summed E-state index contributed by atoms with van der Waals surface area (Å²) in [6.07, 6.45) is 1.66. The maximum Gasteiger partial charge on any atom is 0.139 e. The lowest BCUT2D eigenvalue weighted by molar-refractivity contribution is 1.19. The lowest BCUT2D eigenvalue weighted by Gasteiger charge is -2.06. The second-order valence-electron chi connectivity index (χ2n) is 6.70. The highest BCUT2D eigenvalue weighted by Crippen LogP contribution is 2.34. The summed E-state index contributed by atoms with van der Waals surface area (Å²) in [7, 11) is 0. The van der Waals surface area contributed by atoms with Crippen LogP contribution in [0, 0.1) is 6.92 Å². The summed E-state index contributed by atoms with van der Waals surface area (Å²) in [5, 5.41) is 6.36. The number of benzene rings is 3. The maximum atomic E-state index is 6.22. The fourth-order valence-electron chi connectivity index (χ4n) is 2.80. The molecule has 0 aliphatic heterocycles. The molecule has 1 aromatic heterocycles. The van der Waals surface area contributed by atoms with Gasteiger partial charge < -0.3 is 4.98 Å². The van der Waals surface area contributed by atoms with Gasteiger partial charge in [0.2, 0.25) is 0 Å². The molecular formula is C23H17Cl3N4S. The molecule has 3 aromatic carbocycles. The van der Waals surface area contributed by atoms with Gasteiger partial charge in [-0.25, -0.2) is 4.98 Å². The van der Waals surface area contributed by atoms with Crippen molar-refractivity contribution in [3.63, 3.8) is 0 Å². The zero-order valence-electron chi connectivity index (χ0n) is 16.4. The average Bonchev–Trinajstić information content (AvgIpc) is 3.15. The van der Waals surface area contributed by atoms with E-state index in [0.717, 1.165) is 27.0 Å². The van der Waals surface area contributed by atoms with Gasteiger partial charge in [-0.15, -0.1) is 0 Å². The van der Waals surface area contributed by atoms with Gasteiger partial charge in [0.25, 0.3) is 0 Å². The predicted octanol–water partition coefficient (Wildman–Crippen LogP) is 7.94. The first kappa shape index (κ1) is 21.8. The van der Waals surface area contributed by atoms with Crippen molar-refractivity contribution in [3.05, 3.63) is 93.1 Å². The molecule has 0 aliphatic rings. The molecular weight excluding hydrogens is 471 g/mol. The molecule has 156 valence electrons. The Hall–Kier alpha value is -2.44. The van der Waals surface area contributed by atoms with Crippen LogP contribution < -0.4 is 5.43 Å². The summed E-state index contributed by atoms with van der Waals surface area (Å²) >= 11 is 20.0. The van der Waals surface area contributed by atoms with E-state index in [1.54, 1.807) is 30.1 Å². The third-order valence-electron chi connectivity index (χ3n) is 4.36. The molecule has 0 saturated carbocycles. The van der Waals surface area contributed by atoms with Gasteiger partial charge in [0.05, 0.1) is 27.6 Å². The summed E-state index contributed by atoms with van der Waals surface area (Å²) in [6, 6.07) is 21.4. The molecule has 2 N–H and O–H groups in total. The Morgan fingerprint density at radius 1 is 0.968 bits per heavy atom. The summed E-state index contributed by atoms with van der Waals surface area (Å²) in [6.45, 7) is 2.06. The number of rotatable bonds is 6. The molecule has 0 saturated heterocycles. The highest BCUT2D eigenvalue weighted by molar-refractivity contribution is 7.99. The number of aromatic nitrogens is 2. The molecule has 31 heavy (non-hydrogen) atoms. The lowest BCUT2D eigenvalue weighted by Crippen LogP contribution is -1.94. The molecule has 4 nitrogen and oxygen atoms in total. The zero-order valence-corrected chi connectivity index (χ0v) is 19.4. The number of aromatic amines is 1. The minimum Gasteiger partial charge on any atom is -0.336 e. The van der Waals surface area contributed by atoms with E-state index in [9.17, 15) is 0 Å². The Balaban J connectivity index is 1.64. The average molecular weight is 488 g/mol. The fourth-order valence-corrected chi connectivity index (χ4v) is 4.54. The molecule has 1 heterocycles. The number of nitrogens with one attached hydrogen (secondary N) is 2. The van der Waals surface area contributed by atoms with Crippen LogP contribution in [-0.2, 0) is 0 Å². The number of hydrogen-bond acceptors (Lipinski definition) is 4. The van der Waals surface area contributed by atoms with Gasteiger partial charge in [0.15, 0.2) is 0 Å². The summed E-state index contributed by atoms with van der Waals surface area (Å²) < 4.78 is 0. The number of hydrazone groups is 1. The first-order valence-electron chi connectivity index (χ1n) is 9.33. The minimum absolute atomic E-state index is 0.387. The third kappa shape index (κ3) is 5.43. The van der Waals surface area contributed by atoms with Gasteiger partial charge in [0.1, 0.15) is 10.9 Å². The van der Waals surface area contributed by atoms with Gasteiger partial charge >= 0.3 is 0 Å². The van der Waals surface area contributed by atoms with Gasteiger partial charge in [-0.1, -0.05) is 94.6 Å². The first-order chi connectivity index (χ1) is 15.0. The van der Waals surface area contributed by atoms with Crippen molar-refractivity contribution in [3.8, 4) is 11.4 Å². The lowest BCUT2D eigenvalue weighted by atomic mass is 10.2.